The van der Waals surface area contributed by atoms with Gasteiger partial charge in [-0.05, 0) is 36.4 Å². The Morgan fingerprint density at radius 3 is 2.37 bits per heavy atom. The van der Waals surface area contributed by atoms with Crippen LogP contribution in [0.15, 0.2) is 36.4 Å². The van der Waals surface area contributed by atoms with Gasteiger partial charge in [-0.15, -0.1) is 0 Å². The molecule has 0 aromatic heterocycles. The molecule has 0 radical (unpaired) electrons. The van der Waals surface area contributed by atoms with Gasteiger partial charge in [0.2, 0.25) is 0 Å². The van der Waals surface area contributed by atoms with Gasteiger partial charge in [-0.2, -0.15) is 10.5 Å². The molecule has 0 heterocycles. The lowest BCUT2D eigenvalue weighted by atomic mass is 10.1. The zero-order valence-corrected chi connectivity index (χ0v) is 11.1. The summed E-state index contributed by atoms with van der Waals surface area (Å²) >= 11 is 11.9. The van der Waals surface area contributed by atoms with Gasteiger partial charge in [0.05, 0.1) is 33.6 Å². The van der Waals surface area contributed by atoms with Crippen LogP contribution in [-0.4, -0.2) is 0 Å². The number of nitrogens with one attached hydrogen (secondary N) is 1. The maximum absolute atomic E-state index is 9.06. The van der Waals surface area contributed by atoms with E-state index < -0.39 is 0 Å². The Morgan fingerprint density at radius 1 is 0.895 bits per heavy atom. The van der Waals surface area contributed by atoms with Crippen molar-refractivity contribution in [3.05, 3.63) is 57.6 Å². The second kappa shape index (κ2) is 5.63. The van der Waals surface area contributed by atoms with E-state index in [1.54, 1.807) is 36.4 Å². The third-order valence-corrected chi connectivity index (χ3v) is 3.03. The third kappa shape index (κ3) is 2.98. The molecular formula is C14H7Cl2N3. The van der Waals surface area contributed by atoms with Gasteiger partial charge in [-0.1, -0.05) is 23.2 Å². The van der Waals surface area contributed by atoms with Crippen LogP contribution in [0.25, 0.3) is 0 Å². The Kier molecular flexibility index (Phi) is 3.92. The zero-order chi connectivity index (χ0) is 13.8. The maximum atomic E-state index is 9.06. The highest BCUT2D eigenvalue weighted by molar-refractivity contribution is 6.33. The molecule has 0 bridgehead atoms. The van der Waals surface area contributed by atoms with Crippen molar-refractivity contribution >= 4 is 34.6 Å². The van der Waals surface area contributed by atoms with Gasteiger partial charge in [-0.3, -0.25) is 0 Å². The first kappa shape index (κ1) is 13.2. The number of rotatable bonds is 2. The maximum Gasteiger partial charge on any atom is 0.101 e. The van der Waals surface area contributed by atoms with Crippen LogP contribution in [0.4, 0.5) is 11.4 Å². The molecule has 0 aliphatic carbocycles. The van der Waals surface area contributed by atoms with E-state index in [0.717, 1.165) is 0 Å². The van der Waals surface area contributed by atoms with Gasteiger partial charge in [0, 0.05) is 5.02 Å². The average Bonchev–Trinajstić information content (AvgIpc) is 2.43. The van der Waals surface area contributed by atoms with E-state index in [9.17, 15) is 0 Å². The Hall–Kier alpha value is -2.20. The van der Waals surface area contributed by atoms with E-state index in [1.165, 1.54) is 0 Å². The van der Waals surface area contributed by atoms with E-state index in [0.29, 0.717) is 32.5 Å². The van der Waals surface area contributed by atoms with Gasteiger partial charge < -0.3 is 5.32 Å². The molecule has 2 aromatic rings. The Balaban J connectivity index is 2.42. The highest BCUT2D eigenvalue weighted by Crippen LogP contribution is 2.29. The fraction of sp³-hybridized carbons (Fsp3) is 0. The molecule has 0 spiro atoms. The largest absolute Gasteiger partial charge is 0.353 e. The van der Waals surface area contributed by atoms with Crippen molar-refractivity contribution in [1.29, 1.82) is 10.5 Å². The number of nitrogens with zero attached hydrogens (tertiary/aromatic N) is 2. The van der Waals surface area contributed by atoms with Gasteiger partial charge in [-0.25, -0.2) is 0 Å². The van der Waals surface area contributed by atoms with Crippen LogP contribution >= 0.6 is 23.2 Å². The van der Waals surface area contributed by atoms with Gasteiger partial charge in [0.25, 0.3) is 0 Å². The molecule has 5 heteroatoms. The number of nitriles is 2. The van der Waals surface area contributed by atoms with E-state index in [2.05, 4.69) is 5.32 Å². The minimum atomic E-state index is 0.408. The smallest absolute Gasteiger partial charge is 0.101 e. The molecule has 2 rings (SSSR count). The molecule has 0 unspecified atom stereocenters. The minimum absolute atomic E-state index is 0.408. The normalized spacial score (nSPS) is 9.47. The Morgan fingerprint density at radius 2 is 1.68 bits per heavy atom. The predicted octanol–water partition coefficient (Wildman–Crippen LogP) is 4.48. The molecule has 2 aromatic carbocycles. The van der Waals surface area contributed by atoms with Crippen molar-refractivity contribution in [3.63, 3.8) is 0 Å². The molecular weight excluding hydrogens is 281 g/mol. The van der Waals surface area contributed by atoms with Crippen molar-refractivity contribution < 1.29 is 0 Å². The van der Waals surface area contributed by atoms with Crippen LogP contribution in [0.3, 0.4) is 0 Å². The first-order valence-electron chi connectivity index (χ1n) is 5.30. The summed E-state index contributed by atoms with van der Waals surface area (Å²) in [6, 6.07) is 13.9. The van der Waals surface area contributed by atoms with E-state index in [-0.39, 0.29) is 0 Å². The summed E-state index contributed by atoms with van der Waals surface area (Å²) < 4.78 is 0. The van der Waals surface area contributed by atoms with Gasteiger partial charge >= 0.3 is 0 Å². The summed E-state index contributed by atoms with van der Waals surface area (Å²) in [5.41, 5.74) is 2.05. The fourth-order valence-electron chi connectivity index (χ4n) is 1.55. The molecule has 1 N–H and O–H groups in total. The summed E-state index contributed by atoms with van der Waals surface area (Å²) in [4.78, 5) is 0. The van der Waals surface area contributed by atoms with E-state index in [4.69, 9.17) is 33.7 Å². The Bertz CT molecular complexity index is 712. The molecule has 0 fully saturated rings. The van der Waals surface area contributed by atoms with Gasteiger partial charge in [0.15, 0.2) is 0 Å². The molecule has 0 aliphatic heterocycles. The van der Waals surface area contributed by atoms with E-state index >= 15 is 0 Å². The van der Waals surface area contributed by atoms with Crippen molar-refractivity contribution in [3.8, 4) is 12.1 Å². The lowest BCUT2D eigenvalue weighted by Gasteiger charge is -2.10. The summed E-state index contributed by atoms with van der Waals surface area (Å²) in [6.45, 7) is 0. The molecule has 0 aliphatic rings. The quantitative estimate of drug-likeness (QED) is 0.886. The van der Waals surface area contributed by atoms with E-state index in [1.807, 2.05) is 12.1 Å². The van der Waals surface area contributed by atoms with Crippen molar-refractivity contribution in [2.75, 3.05) is 5.32 Å². The van der Waals surface area contributed by atoms with Crippen molar-refractivity contribution in [2.45, 2.75) is 0 Å². The van der Waals surface area contributed by atoms with Crippen LogP contribution in [0.2, 0.25) is 10.0 Å². The summed E-state index contributed by atoms with van der Waals surface area (Å²) in [5, 5.41) is 21.9. The predicted molar refractivity (Wildman–Crippen MR) is 75.6 cm³/mol. The summed E-state index contributed by atoms with van der Waals surface area (Å²) in [7, 11) is 0. The Labute approximate surface area is 120 Å². The topological polar surface area (TPSA) is 59.6 Å². The number of anilines is 2. The van der Waals surface area contributed by atoms with Crippen LogP contribution in [0.1, 0.15) is 11.1 Å². The molecule has 0 saturated heterocycles. The summed E-state index contributed by atoms with van der Waals surface area (Å²) in [5.74, 6) is 0. The number of halogens is 2. The molecule has 19 heavy (non-hydrogen) atoms. The minimum Gasteiger partial charge on any atom is -0.353 e. The molecule has 0 amide bonds. The molecule has 92 valence electrons. The highest BCUT2D eigenvalue weighted by atomic mass is 35.5. The monoisotopic (exact) mass is 287 g/mol. The number of hydrogen-bond acceptors (Lipinski definition) is 3. The zero-order valence-electron chi connectivity index (χ0n) is 9.61. The van der Waals surface area contributed by atoms with Crippen molar-refractivity contribution in [2.24, 2.45) is 0 Å². The lowest BCUT2D eigenvalue weighted by Crippen LogP contribution is -1.95. The standard InChI is InChI=1S/C14H7Cl2N3/c15-11-2-4-13(10(6-11)8-18)19-14-5-9(7-17)1-3-12(14)16/h1-6,19H. The number of hydrogen-bond donors (Lipinski definition) is 1. The second-order valence-corrected chi connectivity index (χ2v) is 4.58. The SMILES string of the molecule is N#Cc1ccc(Cl)c(Nc2ccc(Cl)cc2C#N)c1. The van der Waals surface area contributed by atoms with Gasteiger partial charge in [0.1, 0.15) is 6.07 Å². The molecule has 3 nitrogen and oxygen atoms in total. The van der Waals surface area contributed by atoms with Crippen LogP contribution in [-0.2, 0) is 0 Å². The fourth-order valence-corrected chi connectivity index (χ4v) is 1.89. The third-order valence-electron chi connectivity index (χ3n) is 2.47. The second-order valence-electron chi connectivity index (χ2n) is 3.73. The van der Waals surface area contributed by atoms with Crippen LogP contribution < -0.4 is 5.32 Å². The molecule has 0 atom stereocenters. The average molecular weight is 288 g/mol. The van der Waals surface area contributed by atoms with Crippen molar-refractivity contribution in [1.82, 2.24) is 0 Å². The first-order chi connectivity index (χ1) is 9.13. The lowest BCUT2D eigenvalue weighted by molar-refractivity contribution is 1.45. The van der Waals surface area contributed by atoms with Crippen LogP contribution in [0.5, 0.6) is 0 Å². The summed E-state index contributed by atoms with van der Waals surface area (Å²) in [6.07, 6.45) is 0. The number of benzene rings is 2. The first-order valence-corrected chi connectivity index (χ1v) is 6.06. The highest BCUT2D eigenvalue weighted by Gasteiger charge is 2.07. The van der Waals surface area contributed by atoms with Crippen LogP contribution in [0, 0.1) is 22.7 Å². The molecule has 0 saturated carbocycles.